The Morgan fingerprint density at radius 2 is 1.73 bits per heavy atom. The first-order valence-corrected chi connectivity index (χ1v) is 13.3. The van der Waals surface area contributed by atoms with Gasteiger partial charge in [-0.05, 0) is 18.5 Å². The molecule has 3 N–H and O–H groups in total. The molecule has 5 atom stereocenters. The summed E-state index contributed by atoms with van der Waals surface area (Å²) in [7, 11) is 0. The van der Waals surface area contributed by atoms with Gasteiger partial charge >= 0.3 is 5.97 Å². The molecule has 3 rings (SSSR count). The van der Waals surface area contributed by atoms with Crippen LogP contribution in [0.1, 0.15) is 56.4 Å². The predicted molar refractivity (Wildman–Crippen MR) is 139 cm³/mol. The zero-order chi connectivity index (χ0) is 26.5. The molecule has 8 heteroatoms. The molecular formula is C29H41NO7. The molecule has 0 spiro atoms. The van der Waals surface area contributed by atoms with E-state index < -0.39 is 30.7 Å². The number of hydrogen-bond acceptors (Lipinski definition) is 8. The molecule has 0 amide bonds. The smallest absolute Gasteiger partial charge is 0.307 e. The van der Waals surface area contributed by atoms with Gasteiger partial charge in [0.05, 0.1) is 19.1 Å². The highest BCUT2D eigenvalue weighted by molar-refractivity contribution is 5.69. The number of unbranched alkanes of at least 4 members (excludes halogenated alkanes) is 3. The second-order valence-corrected chi connectivity index (χ2v) is 9.56. The second-order valence-electron chi connectivity index (χ2n) is 9.56. The minimum absolute atomic E-state index is 0.0119. The Morgan fingerprint density at radius 3 is 2.43 bits per heavy atom. The van der Waals surface area contributed by atoms with Crippen LogP contribution < -0.4 is 0 Å². The minimum atomic E-state index is -1.33. The number of rotatable bonds is 15. The van der Waals surface area contributed by atoms with E-state index in [1.807, 2.05) is 65.6 Å². The van der Waals surface area contributed by atoms with Gasteiger partial charge in [-0.25, -0.2) is 0 Å². The Kier molecular flexibility index (Phi) is 12.5. The van der Waals surface area contributed by atoms with Crippen LogP contribution in [-0.4, -0.2) is 76.8 Å². The molecule has 0 radical (unpaired) electrons. The van der Waals surface area contributed by atoms with E-state index in [9.17, 15) is 20.1 Å². The van der Waals surface area contributed by atoms with Crippen LogP contribution in [0, 0.1) is 0 Å². The van der Waals surface area contributed by atoms with Crippen molar-refractivity contribution < 1.29 is 34.3 Å². The maximum atomic E-state index is 12.4. The van der Waals surface area contributed by atoms with Crippen molar-refractivity contribution in [1.29, 1.82) is 0 Å². The summed E-state index contributed by atoms with van der Waals surface area (Å²) in [5.74, 6) is -0.314. The third-order valence-corrected chi connectivity index (χ3v) is 6.53. The summed E-state index contributed by atoms with van der Waals surface area (Å²) in [6.45, 7) is 3.57. The largest absolute Gasteiger partial charge is 0.461 e. The van der Waals surface area contributed by atoms with E-state index >= 15 is 0 Å². The van der Waals surface area contributed by atoms with Crippen LogP contribution in [0.5, 0.6) is 0 Å². The first-order chi connectivity index (χ1) is 18.0. The van der Waals surface area contributed by atoms with Crippen molar-refractivity contribution >= 4 is 5.97 Å². The fourth-order valence-corrected chi connectivity index (χ4v) is 4.35. The van der Waals surface area contributed by atoms with Crippen molar-refractivity contribution in [3.63, 3.8) is 0 Å². The fraction of sp³-hybridized carbons (Fsp3) is 0.552. The Labute approximate surface area is 219 Å². The van der Waals surface area contributed by atoms with E-state index in [0.717, 1.165) is 36.8 Å². The lowest BCUT2D eigenvalue weighted by Gasteiger charge is -2.38. The molecule has 0 saturated carbocycles. The molecule has 8 nitrogen and oxygen atoms in total. The van der Waals surface area contributed by atoms with Gasteiger partial charge in [-0.2, -0.15) is 0 Å². The molecular weight excluding hydrogens is 474 g/mol. The Morgan fingerprint density at radius 1 is 1.03 bits per heavy atom. The number of nitrogens with zero attached hydrogens (tertiary/aromatic N) is 1. The van der Waals surface area contributed by atoms with Crippen molar-refractivity contribution in [2.75, 3.05) is 26.2 Å². The van der Waals surface area contributed by atoms with Crippen LogP contribution in [0.25, 0.3) is 0 Å². The molecule has 1 saturated heterocycles. The number of esters is 1. The van der Waals surface area contributed by atoms with Gasteiger partial charge in [-0.15, -0.1) is 0 Å². The zero-order valence-electron chi connectivity index (χ0n) is 21.7. The lowest BCUT2D eigenvalue weighted by molar-refractivity contribution is -0.283. The summed E-state index contributed by atoms with van der Waals surface area (Å²) < 4.78 is 16.8. The molecule has 0 bridgehead atoms. The average Bonchev–Trinajstić information content (AvgIpc) is 2.93. The Bertz CT molecular complexity index is 898. The normalized spacial score (nSPS) is 21.5. The quantitative estimate of drug-likeness (QED) is 0.245. The molecule has 0 aliphatic carbocycles. The number of hydrogen-bond donors (Lipinski definition) is 3. The summed E-state index contributed by atoms with van der Waals surface area (Å²) in [6.07, 6.45) is -0.962. The van der Waals surface area contributed by atoms with Crippen molar-refractivity contribution in [2.24, 2.45) is 0 Å². The SMILES string of the molecule is CCCCCCN(CCC(=O)OCc1ccccc1)C[C@H](O)[C@@H](O)[C@@H]1O[C@H](c2ccccc2)OC[C@H]1O. The Balaban J connectivity index is 1.53. The highest BCUT2D eigenvalue weighted by atomic mass is 16.7. The lowest BCUT2D eigenvalue weighted by Crippen LogP contribution is -2.54. The standard InChI is InChI=1S/C29H41NO7/c1-2-3-4-11-17-30(18-16-26(33)35-20-22-12-7-5-8-13-22)19-24(31)27(34)28-25(32)21-36-29(37-28)23-14-9-6-10-15-23/h5-10,12-15,24-25,27-29,31-32,34H,2-4,11,16-21H2,1H3/t24-,25+,27+,28+,29+/m0/s1. The van der Waals surface area contributed by atoms with E-state index in [0.29, 0.717) is 13.1 Å². The number of carbonyl (C=O) groups excluding carboxylic acids is 1. The third-order valence-electron chi connectivity index (χ3n) is 6.53. The van der Waals surface area contributed by atoms with E-state index in [-0.39, 0.29) is 32.1 Å². The molecule has 2 aromatic carbocycles. The van der Waals surface area contributed by atoms with E-state index in [2.05, 4.69) is 6.92 Å². The molecule has 204 valence electrons. The van der Waals surface area contributed by atoms with Crippen LogP contribution in [-0.2, 0) is 25.6 Å². The van der Waals surface area contributed by atoms with Gasteiger partial charge in [0.15, 0.2) is 6.29 Å². The van der Waals surface area contributed by atoms with Crippen molar-refractivity contribution in [3.05, 3.63) is 71.8 Å². The molecule has 1 aliphatic rings. The summed E-state index contributed by atoms with van der Waals surface area (Å²) in [4.78, 5) is 14.3. The average molecular weight is 516 g/mol. The number of ether oxygens (including phenoxy) is 3. The fourth-order valence-electron chi connectivity index (χ4n) is 4.35. The van der Waals surface area contributed by atoms with Gasteiger partial charge in [-0.1, -0.05) is 86.8 Å². The lowest BCUT2D eigenvalue weighted by atomic mass is 10.0. The molecule has 37 heavy (non-hydrogen) atoms. The first kappa shape index (κ1) is 29.2. The minimum Gasteiger partial charge on any atom is -0.461 e. The van der Waals surface area contributed by atoms with Gasteiger partial charge in [0.1, 0.15) is 24.9 Å². The van der Waals surface area contributed by atoms with Crippen molar-refractivity contribution in [3.8, 4) is 0 Å². The second kappa shape index (κ2) is 15.8. The van der Waals surface area contributed by atoms with Crippen LogP contribution in [0.2, 0.25) is 0 Å². The maximum Gasteiger partial charge on any atom is 0.307 e. The monoisotopic (exact) mass is 515 g/mol. The molecule has 1 fully saturated rings. The molecule has 1 heterocycles. The van der Waals surface area contributed by atoms with Crippen LogP contribution in [0.4, 0.5) is 0 Å². The zero-order valence-corrected chi connectivity index (χ0v) is 21.7. The first-order valence-electron chi connectivity index (χ1n) is 13.3. The summed E-state index contributed by atoms with van der Waals surface area (Å²) >= 11 is 0. The molecule has 0 aromatic heterocycles. The van der Waals surface area contributed by atoms with Gasteiger partial charge < -0.3 is 34.4 Å². The van der Waals surface area contributed by atoms with Crippen LogP contribution in [0.3, 0.4) is 0 Å². The molecule has 0 unspecified atom stereocenters. The summed E-state index contributed by atoms with van der Waals surface area (Å²) in [6, 6.07) is 18.8. The van der Waals surface area contributed by atoms with Crippen molar-refractivity contribution in [2.45, 2.75) is 76.3 Å². The van der Waals surface area contributed by atoms with Gasteiger partial charge in [0, 0.05) is 18.7 Å². The summed E-state index contributed by atoms with van der Waals surface area (Å²) in [5, 5.41) is 32.2. The number of aliphatic hydroxyl groups excluding tert-OH is 3. The third kappa shape index (κ3) is 9.81. The van der Waals surface area contributed by atoms with Gasteiger partial charge in [0.2, 0.25) is 0 Å². The number of benzene rings is 2. The van der Waals surface area contributed by atoms with E-state index in [1.165, 1.54) is 0 Å². The maximum absolute atomic E-state index is 12.4. The van der Waals surface area contributed by atoms with Crippen LogP contribution in [0.15, 0.2) is 60.7 Å². The molecule has 1 aliphatic heterocycles. The van der Waals surface area contributed by atoms with Gasteiger partial charge in [0.25, 0.3) is 0 Å². The topological polar surface area (TPSA) is 109 Å². The number of carbonyl (C=O) groups is 1. The Hall–Kier alpha value is -2.33. The summed E-state index contributed by atoms with van der Waals surface area (Å²) in [5.41, 5.74) is 1.70. The van der Waals surface area contributed by atoms with Crippen LogP contribution >= 0.6 is 0 Å². The number of aliphatic hydroxyl groups is 3. The van der Waals surface area contributed by atoms with E-state index in [4.69, 9.17) is 14.2 Å². The molecule has 2 aromatic rings. The van der Waals surface area contributed by atoms with E-state index in [1.54, 1.807) is 0 Å². The van der Waals surface area contributed by atoms with Crippen molar-refractivity contribution in [1.82, 2.24) is 4.90 Å². The van der Waals surface area contributed by atoms with Gasteiger partial charge in [-0.3, -0.25) is 4.79 Å². The predicted octanol–water partition coefficient (Wildman–Crippen LogP) is 3.20. The highest BCUT2D eigenvalue weighted by Crippen LogP contribution is 2.28. The highest BCUT2D eigenvalue weighted by Gasteiger charge is 2.39.